The quantitative estimate of drug-likeness (QED) is 0.0224. The average Bonchev–Trinajstić information content (AvgIpc) is 4.26. The standard InChI is InChI=1S/C13H16N2O8S2.2C8H16N2O4.C5H10N2O6.C4H9NO4.C4H8S/c1-2-21-13(16)11-5-3-4-6-12(11)25-24-8-7-10(23-15(19)20)9-22-14(17)18;2*1-2-8(14-10(11)12)7-9-3-5-13-6-4-9;1-2-3-5(13-7(10)11)4-12-6(8)9;1-2-4(6)3-9-5(7)8;1-2-4-3-5-4/h3-6,10H,2,7-9H2,1H3;2*8H,2-7H2,1H3;5H,2-4H2,1H3;4,6H,2-3H2,1H3;4H,2-3H2,1H3. The predicted octanol–water partition coefficient (Wildman–Crippen LogP) is 5.44. The largest absolute Gasteiger partial charge is 0.462 e. The number of benzene rings is 1. The molecule has 1 N–H and O–H groups in total. The predicted molar refractivity (Wildman–Crippen MR) is 284 cm³/mol. The van der Waals surface area contributed by atoms with E-state index in [0.29, 0.717) is 87.8 Å². The molecule has 0 radical (unpaired) electrons. The van der Waals surface area contributed by atoms with Gasteiger partial charge in [-0.2, -0.15) is 11.8 Å². The van der Waals surface area contributed by atoms with E-state index in [4.69, 9.17) is 19.3 Å². The minimum Gasteiger partial charge on any atom is -0.462 e. The molecule has 1 aromatic carbocycles. The summed E-state index contributed by atoms with van der Waals surface area (Å²) < 4.78 is 15.3. The first-order valence-corrected chi connectivity index (χ1v) is 28.4. The van der Waals surface area contributed by atoms with Crippen LogP contribution < -0.4 is 0 Å². The number of thioether (sulfide) groups is 1. The van der Waals surface area contributed by atoms with Gasteiger partial charge in [0.15, 0.2) is 0 Å². The van der Waals surface area contributed by atoms with Crippen molar-refractivity contribution in [1.82, 2.24) is 9.80 Å². The van der Waals surface area contributed by atoms with Crippen molar-refractivity contribution in [3.63, 3.8) is 0 Å². The number of aliphatic hydroxyl groups is 1. The van der Waals surface area contributed by atoms with Crippen LogP contribution in [0.1, 0.15) is 96.8 Å². The van der Waals surface area contributed by atoms with Crippen molar-refractivity contribution >= 4 is 39.3 Å². The molecule has 3 fully saturated rings. The summed E-state index contributed by atoms with van der Waals surface area (Å²) in [6, 6.07) is 6.89. The summed E-state index contributed by atoms with van der Waals surface area (Å²) in [6.07, 6.45) is 0.998. The van der Waals surface area contributed by atoms with Gasteiger partial charge in [-0.05, 0) is 57.6 Å². The fourth-order valence-corrected chi connectivity index (χ4v) is 8.72. The fraction of sp³-hybridized carbons (Fsp3) is 0.833. The van der Waals surface area contributed by atoms with Crippen molar-refractivity contribution < 1.29 is 93.6 Å². The number of hydrogen-bond donors (Lipinski definition) is 1. The van der Waals surface area contributed by atoms with Crippen molar-refractivity contribution in [3.05, 3.63) is 101 Å². The highest BCUT2D eigenvalue weighted by Gasteiger charge is 2.21. The Bertz CT molecular complexity index is 1840. The van der Waals surface area contributed by atoms with Crippen LogP contribution in [0.2, 0.25) is 0 Å². The molecular formula is C42H75N9O26S3. The molecule has 4 rings (SSSR count). The van der Waals surface area contributed by atoms with Crippen LogP contribution in [0.25, 0.3) is 0 Å². The molecule has 0 aromatic heterocycles. The summed E-state index contributed by atoms with van der Waals surface area (Å²) >= 11 is 2.07. The summed E-state index contributed by atoms with van der Waals surface area (Å²) in [4.78, 5) is 116. The van der Waals surface area contributed by atoms with Crippen LogP contribution in [-0.4, -0.2) is 196 Å². The smallest absolute Gasteiger partial charge is 0.339 e. The summed E-state index contributed by atoms with van der Waals surface area (Å²) in [7, 11) is 2.63. The molecule has 0 saturated carbocycles. The van der Waals surface area contributed by atoms with Crippen LogP contribution in [0.5, 0.6) is 0 Å². The second-order valence-corrected chi connectivity index (χ2v) is 19.9. The number of carbonyl (C=O) groups is 1. The van der Waals surface area contributed by atoms with Gasteiger partial charge in [0.25, 0.3) is 35.6 Å². The number of aliphatic hydroxyl groups excluding tert-OH is 1. The summed E-state index contributed by atoms with van der Waals surface area (Å²) in [5.41, 5.74) is 0.427. The van der Waals surface area contributed by atoms with Gasteiger partial charge < -0.3 is 53.2 Å². The Balaban J connectivity index is 0. The summed E-state index contributed by atoms with van der Waals surface area (Å²) in [6.45, 7) is 17.7. The lowest BCUT2D eigenvalue weighted by Gasteiger charge is -2.29. The van der Waals surface area contributed by atoms with E-state index in [1.165, 1.54) is 33.8 Å². The van der Waals surface area contributed by atoms with Gasteiger partial charge in [-0.3, -0.25) is 9.80 Å². The molecule has 80 heavy (non-hydrogen) atoms. The average molecular weight is 1220 g/mol. The van der Waals surface area contributed by atoms with Gasteiger partial charge in [0.05, 0.1) is 44.7 Å². The molecule has 6 unspecified atom stereocenters. The molecule has 3 aliphatic heterocycles. The molecular weight excluding hydrogens is 1140 g/mol. The van der Waals surface area contributed by atoms with Gasteiger partial charge in [-0.1, -0.05) is 74.8 Å². The molecule has 0 amide bonds. The Kier molecular flexibility index (Phi) is 46.4. The fourth-order valence-electron chi connectivity index (χ4n) is 5.82. The van der Waals surface area contributed by atoms with Gasteiger partial charge >= 0.3 is 5.97 Å². The first-order valence-electron chi connectivity index (χ1n) is 25.1. The maximum atomic E-state index is 11.9. The normalized spacial score (nSPS) is 16.2. The zero-order valence-electron chi connectivity index (χ0n) is 45.4. The highest BCUT2D eigenvalue weighted by atomic mass is 33.1. The van der Waals surface area contributed by atoms with Gasteiger partial charge in [0, 0.05) is 60.9 Å². The molecule has 1 aromatic rings. The number of hydrogen-bond acceptors (Lipinski definition) is 31. The van der Waals surface area contributed by atoms with E-state index in [1.54, 1.807) is 45.0 Å². The van der Waals surface area contributed by atoms with Gasteiger partial charge in [0.1, 0.15) is 44.2 Å². The van der Waals surface area contributed by atoms with E-state index < -0.39 is 73.1 Å². The van der Waals surface area contributed by atoms with Gasteiger partial charge in [-0.25, -0.2) is 4.79 Å². The van der Waals surface area contributed by atoms with Crippen LogP contribution >= 0.6 is 33.3 Å². The number of carbonyl (C=O) groups excluding carboxylic acids is 1. The molecule has 0 spiro atoms. The minimum absolute atomic E-state index is 0.161. The van der Waals surface area contributed by atoms with E-state index in [9.17, 15) is 75.6 Å². The van der Waals surface area contributed by atoms with Gasteiger partial charge in [-0.15, -0.1) is 70.8 Å². The summed E-state index contributed by atoms with van der Waals surface area (Å²) in [5, 5.41) is 73.3. The van der Waals surface area contributed by atoms with Gasteiger partial charge in [0.2, 0.25) is 0 Å². The number of rotatable bonds is 34. The van der Waals surface area contributed by atoms with Crippen LogP contribution in [0.4, 0.5) is 0 Å². The number of nitrogens with zero attached hydrogens (tertiary/aromatic N) is 9. The Hall–Kier alpha value is -6.06. The van der Waals surface area contributed by atoms with Crippen molar-refractivity contribution in [2.75, 3.05) is 104 Å². The number of ether oxygens (including phenoxy) is 3. The first kappa shape index (κ1) is 76.0. The molecule has 35 nitrogen and oxygen atoms in total. The van der Waals surface area contributed by atoms with E-state index in [1.807, 2.05) is 13.8 Å². The zero-order chi connectivity index (χ0) is 60.7. The Labute approximate surface area is 472 Å². The van der Waals surface area contributed by atoms with E-state index in [-0.39, 0.29) is 31.8 Å². The Morgan fingerprint density at radius 1 is 0.625 bits per heavy atom. The van der Waals surface area contributed by atoms with Crippen molar-refractivity contribution in [2.24, 2.45) is 0 Å². The minimum atomic E-state index is -1.05. The third-order valence-corrected chi connectivity index (χ3v) is 13.7. The van der Waals surface area contributed by atoms with Crippen molar-refractivity contribution in [3.8, 4) is 0 Å². The highest BCUT2D eigenvalue weighted by molar-refractivity contribution is 8.76. The molecule has 3 heterocycles. The van der Waals surface area contributed by atoms with E-state index >= 15 is 0 Å². The lowest BCUT2D eigenvalue weighted by atomic mass is 10.2. The molecule has 462 valence electrons. The molecule has 0 bridgehead atoms. The second kappa shape index (κ2) is 48.8. The Morgan fingerprint density at radius 2 is 1.04 bits per heavy atom. The van der Waals surface area contributed by atoms with Crippen LogP contribution in [0, 0.1) is 70.8 Å². The van der Waals surface area contributed by atoms with E-state index in [0.717, 1.165) is 31.4 Å². The maximum absolute atomic E-state index is 11.9. The van der Waals surface area contributed by atoms with Crippen LogP contribution in [0.15, 0.2) is 29.2 Å². The summed E-state index contributed by atoms with van der Waals surface area (Å²) in [5.74, 6) is 1.39. The lowest BCUT2D eigenvalue weighted by Crippen LogP contribution is -2.42. The maximum Gasteiger partial charge on any atom is 0.339 e. The first-order chi connectivity index (χ1) is 38.0. The van der Waals surface area contributed by atoms with E-state index in [2.05, 4.69) is 62.3 Å². The van der Waals surface area contributed by atoms with Crippen LogP contribution in [0.3, 0.4) is 0 Å². The van der Waals surface area contributed by atoms with Crippen LogP contribution in [-0.2, 0) is 48.1 Å². The molecule has 3 saturated heterocycles. The topological polar surface area (TPSA) is 438 Å². The van der Waals surface area contributed by atoms with Crippen molar-refractivity contribution in [1.29, 1.82) is 0 Å². The number of esters is 1. The highest BCUT2D eigenvalue weighted by Crippen LogP contribution is 2.35. The monoisotopic (exact) mass is 1220 g/mol. The Morgan fingerprint density at radius 3 is 1.39 bits per heavy atom. The number of morpholine rings is 2. The zero-order valence-corrected chi connectivity index (χ0v) is 47.9. The molecule has 0 aliphatic carbocycles. The second-order valence-electron chi connectivity index (χ2n) is 16.1. The van der Waals surface area contributed by atoms with Crippen molar-refractivity contribution in [2.45, 2.75) is 127 Å². The molecule has 6 atom stereocenters. The third-order valence-electron chi connectivity index (χ3n) is 10.1. The molecule has 3 aliphatic rings. The third kappa shape index (κ3) is 46.8. The lowest BCUT2D eigenvalue weighted by molar-refractivity contribution is -0.790. The SMILES string of the molecule is CCC(CN1CCOCC1)O[N+](=O)[O-].CCC(CN1CCOCC1)O[N+](=O)[O-].CCC(O)CO[N+](=O)[O-].CCC1CS1.CCCC(CO[N+](=O)[O-])O[N+](=O)[O-].CCOC(=O)c1ccccc1SSCCC(CO[N+](=O)[O-])O[N+](=O)[O-]. The molecule has 38 heteroatoms.